The van der Waals surface area contributed by atoms with E-state index < -0.39 is 6.04 Å². The molecule has 1 saturated heterocycles. The molecule has 0 radical (unpaired) electrons. The quantitative estimate of drug-likeness (QED) is 0.629. The van der Waals surface area contributed by atoms with Crippen molar-refractivity contribution in [3.63, 3.8) is 0 Å². The summed E-state index contributed by atoms with van der Waals surface area (Å²) in [5.74, 6) is 0.889. The van der Waals surface area contributed by atoms with Crippen molar-refractivity contribution in [1.82, 2.24) is 15.5 Å². The van der Waals surface area contributed by atoms with Crippen LogP contribution in [0.5, 0.6) is 5.75 Å². The van der Waals surface area contributed by atoms with Crippen molar-refractivity contribution in [2.24, 2.45) is 17.8 Å². The summed E-state index contributed by atoms with van der Waals surface area (Å²) in [5, 5.41) is 5.90. The van der Waals surface area contributed by atoms with E-state index in [9.17, 15) is 14.4 Å². The predicted molar refractivity (Wildman–Crippen MR) is 121 cm³/mol. The molecule has 1 aliphatic rings. The van der Waals surface area contributed by atoms with E-state index in [4.69, 9.17) is 4.74 Å². The van der Waals surface area contributed by atoms with Crippen LogP contribution in [-0.4, -0.2) is 55.4 Å². The van der Waals surface area contributed by atoms with Crippen LogP contribution in [0, 0.1) is 17.8 Å². The van der Waals surface area contributed by atoms with Gasteiger partial charge in [-0.1, -0.05) is 33.8 Å². The number of carbonyl (C=O) groups excluding carboxylic acids is 3. The number of hydrogen-bond donors (Lipinski definition) is 2. The molecule has 0 saturated carbocycles. The number of rotatable bonds is 9. The SMILES string of the molecule is COc1cccc(C(=O)N[C@@H](C(=O)NCC(C)C)C2CCN(C(=O)CC(C)C)CC2)c1. The van der Waals surface area contributed by atoms with Crippen molar-refractivity contribution in [2.75, 3.05) is 26.7 Å². The lowest BCUT2D eigenvalue weighted by atomic mass is 9.88. The maximum Gasteiger partial charge on any atom is 0.252 e. The first-order valence-electron chi connectivity index (χ1n) is 11.2. The van der Waals surface area contributed by atoms with Gasteiger partial charge in [0.15, 0.2) is 0 Å². The van der Waals surface area contributed by atoms with Gasteiger partial charge in [0.05, 0.1) is 7.11 Å². The molecule has 1 fully saturated rings. The summed E-state index contributed by atoms with van der Waals surface area (Å²) in [7, 11) is 1.55. The third kappa shape index (κ3) is 7.56. The highest BCUT2D eigenvalue weighted by atomic mass is 16.5. The highest BCUT2D eigenvalue weighted by molar-refractivity contribution is 5.98. The van der Waals surface area contributed by atoms with Crippen LogP contribution in [-0.2, 0) is 9.59 Å². The number of nitrogens with zero attached hydrogens (tertiary/aromatic N) is 1. The summed E-state index contributed by atoms with van der Waals surface area (Å²) in [6.07, 6.45) is 1.90. The van der Waals surface area contributed by atoms with Crippen molar-refractivity contribution in [3.8, 4) is 5.75 Å². The van der Waals surface area contributed by atoms with Gasteiger partial charge in [0.2, 0.25) is 11.8 Å². The molecule has 31 heavy (non-hydrogen) atoms. The molecule has 1 aromatic rings. The van der Waals surface area contributed by atoms with Crippen LogP contribution in [0.1, 0.15) is 57.3 Å². The van der Waals surface area contributed by atoms with Gasteiger partial charge in [-0.15, -0.1) is 0 Å². The smallest absolute Gasteiger partial charge is 0.252 e. The number of carbonyl (C=O) groups is 3. The Bertz CT molecular complexity index is 755. The highest BCUT2D eigenvalue weighted by Gasteiger charge is 2.34. The van der Waals surface area contributed by atoms with E-state index in [2.05, 4.69) is 10.6 Å². The van der Waals surface area contributed by atoms with Gasteiger partial charge in [0.1, 0.15) is 11.8 Å². The van der Waals surface area contributed by atoms with Crippen molar-refractivity contribution >= 4 is 17.7 Å². The number of amides is 3. The van der Waals surface area contributed by atoms with Gasteiger partial charge in [-0.05, 0) is 48.8 Å². The van der Waals surface area contributed by atoms with Crippen LogP contribution < -0.4 is 15.4 Å². The normalized spacial score (nSPS) is 15.6. The number of nitrogens with one attached hydrogen (secondary N) is 2. The van der Waals surface area contributed by atoms with Crippen LogP contribution in [0.3, 0.4) is 0 Å². The third-order valence-electron chi connectivity index (χ3n) is 5.53. The van der Waals surface area contributed by atoms with Gasteiger partial charge in [0, 0.05) is 31.6 Å². The Labute approximate surface area is 185 Å². The van der Waals surface area contributed by atoms with Crippen LogP contribution in [0.25, 0.3) is 0 Å². The predicted octanol–water partition coefficient (Wildman–Crippen LogP) is 2.85. The first kappa shape index (κ1) is 24.7. The Morgan fingerprint density at radius 3 is 2.35 bits per heavy atom. The van der Waals surface area contributed by atoms with Crippen LogP contribution in [0.4, 0.5) is 0 Å². The Hall–Kier alpha value is -2.57. The summed E-state index contributed by atoms with van der Waals surface area (Å²) in [6.45, 7) is 9.90. The lowest BCUT2D eigenvalue weighted by Crippen LogP contribution is -2.54. The fraction of sp³-hybridized carbons (Fsp3) is 0.625. The fourth-order valence-electron chi connectivity index (χ4n) is 3.76. The highest BCUT2D eigenvalue weighted by Crippen LogP contribution is 2.23. The topological polar surface area (TPSA) is 87.7 Å². The lowest BCUT2D eigenvalue weighted by molar-refractivity contribution is -0.133. The minimum absolute atomic E-state index is 0.0233. The second-order valence-electron chi connectivity index (χ2n) is 9.14. The molecular formula is C24H37N3O4. The van der Waals surface area contributed by atoms with Gasteiger partial charge in [0.25, 0.3) is 5.91 Å². The molecule has 0 aromatic heterocycles. The molecule has 0 bridgehead atoms. The van der Waals surface area contributed by atoms with Crippen LogP contribution >= 0.6 is 0 Å². The monoisotopic (exact) mass is 431 g/mol. The van der Waals surface area contributed by atoms with Crippen LogP contribution in [0.15, 0.2) is 24.3 Å². The van der Waals surface area contributed by atoms with E-state index in [1.165, 1.54) is 0 Å². The number of likely N-dealkylation sites (tertiary alicyclic amines) is 1. The molecule has 1 aromatic carbocycles. The molecule has 0 spiro atoms. The summed E-state index contributed by atoms with van der Waals surface area (Å²) in [4.78, 5) is 40.1. The molecule has 0 aliphatic carbocycles. The second-order valence-corrected chi connectivity index (χ2v) is 9.14. The molecular weight excluding hydrogens is 394 g/mol. The van der Waals surface area contributed by atoms with Crippen molar-refractivity contribution in [1.29, 1.82) is 0 Å². The number of piperidine rings is 1. The molecule has 2 rings (SSSR count). The van der Waals surface area contributed by atoms with E-state index in [0.717, 1.165) is 0 Å². The molecule has 1 atom stereocenters. The second kappa shape index (κ2) is 11.7. The summed E-state index contributed by atoms with van der Waals surface area (Å²) >= 11 is 0. The molecule has 172 valence electrons. The van der Waals surface area contributed by atoms with Gasteiger partial charge in [-0.2, -0.15) is 0 Å². The first-order chi connectivity index (χ1) is 14.7. The first-order valence-corrected chi connectivity index (χ1v) is 11.2. The molecule has 1 aliphatic heterocycles. The van der Waals surface area contributed by atoms with Crippen molar-refractivity contribution < 1.29 is 19.1 Å². The molecule has 2 N–H and O–H groups in total. The van der Waals surface area contributed by atoms with E-state index in [1.54, 1.807) is 31.4 Å². The van der Waals surface area contributed by atoms with Gasteiger partial charge in [-0.25, -0.2) is 0 Å². The molecule has 3 amide bonds. The number of benzene rings is 1. The van der Waals surface area contributed by atoms with E-state index >= 15 is 0 Å². The van der Waals surface area contributed by atoms with Gasteiger partial charge >= 0.3 is 0 Å². The molecule has 1 heterocycles. The number of methoxy groups -OCH3 is 1. The van der Waals surface area contributed by atoms with Crippen molar-refractivity contribution in [3.05, 3.63) is 29.8 Å². The van der Waals surface area contributed by atoms with E-state index in [1.807, 2.05) is 32.6 Å². The van der Waals surface area contributed by atoms with E-state index in [0.29, 0.717) is 62.0 Å². The molecule has 7 nitrogen and oxygen atoms in total. The molecule has 7 heteroatoms. The third-order valence-corrected chi connectivity index (χ3v) is 5.53. The number of hydrogen-bond acceptors (Lipinski definition) is 4. The Balaban J connectivity index is 2.09. The van der Waals surface area contributed by atoms with E-state index in [-0.39, 0.29) is 23.6 Å². The Kier molecular flexibility index (Phi) is 9.34. The standard InChI is InChI=1S/C24H37N3O4/c1-16(2)13-21(28)27-11-9-18(10-12-27)22(24(30)25-15-17(3)4)26-23(29)19-7-6-8-20(14-19)31-5/h6-8,14,16-18,22H,9-13,15H2,1-5H3,(H,25,30)(H,26,29)/t22-/m1/s1. The zero-order valence-corrected chi connectivity index (χ0v) is 19.4. The number of ether oxygens (including phenoxy) is 1. The Morgan fingerprint density at radius 1 is 1.10 bits per heavy atom. The van der Waals surface area contributed by atoms with Gasteiger partial charge in [-0.3, -0.25) is 14.4 Å². The minimum atomic E-state index is -0.639. The van der Waals surface area contributed by atoms with Crippen molar-refractivity contribution in [2.45, 2.75) is 53.0 Å². The summed E-state index contributed by atoms with van der Waals surface area (Å²) in [5.41, 5.74) is 0.450. The average molecular weight is 432 g/mol. The van der Waals surface area contributed by atoms with Crippen LogP contribution in [0.2, 0.25) is 0 Å². The average Bonchev–Trinajstić information content (AvgIpc) is 2.75. The summed E-state index contributed by atoms with van der Waals surface area (Å²) < 4.78 is 5.20. The van der Waals surface area contributed by atoms with Gasteiger partial charge < -0.3 is 20.3 Å². The lowest BCUT2D eigenvalue weighted by Gasteiger charge is -2.36. The minimum Gasteiger partial charge on any atom is -0.497 e. The maximum absolute atomic E-state index is 13.0. The summed E-state index contributed by atoms with van der Waals surface area (Å²) in [6, 6.07) is 6.24. The molecule has 0 unspecified atom stereocenters. The maximum atomic E-state index is 13.0. The fourth-order valence-corrected chi connectivity index (χ4v) is 3.76. The Morgan fingerprint density at radius 2 is 1.77 bits per heavy atom. The zero-order chi connectivity index (χ0) is 23.0. The zero-order valence-electron chi connectivity index (χ0n) is 19.4. The largest absolute Gasteiger partial charge is 0.497 e.